The molecule has 21 heavy (non-hydrogen) atoms. The third-order valence-electron chi connectivity index (χ3n) is 2.43. The Balaban J connectivity index is 1.89. The fraction of sp³-hybridized carbons (Fsp3) is 0.308. The summed E-state index contributed by atoms with van der Waals surface area (Å²) >= 11 is 10.7. The zero-order valence-corrected chi connectivity index (χ0v) is 14.6. The number of hydrogen-bond donors (Lipinski definition) is 1. The highest BCUT2D eigenvalue weighted by Gasteiger charge is 2.11. The molecule has 1 N–H and O–H groups in total. The lowest BCUT2D eigenvalue weighted by molar-refractivity contribution is -0.118. The Morgan fingerprint density at radius 2 is 2.24 bits per heavy atom. The second-order valence-electron chi connectivity index (χ2n) is 4.51. The lowest BCUT2D eigenvalue weighted by Crippen LogP contribution is -2.20. The summed E-state index contributed by atoms with van der Waals surface area (Å²) in [6.07, 6.45) is 0. The van der Waals surface area contributed by atoms with Crippen LogP contribution in [0.2, 0.25) is 5.02 Å². The van der Waals surface area contributed by atoms with Gasteiger partial charge in [-0.25, -0.2) is 0 Å². The van der Waals surface area contributed by atoms with Crippen LogP contribution in [0.4, 0.5) is 5.13 Å². The number of hydrogen-bond acceptors (Lipinski definition) is 5. The maximum Gasteiger partial charge on any atom is 0.264 e. The van der Waals surface area contributed by atoms with E-state index in [-0.39, 0.29) is 18.4 Å². The molecular formula is C13H13BrClN3O2S. The summed E-state index contributed by atoms with van der Waals surface area (Å²) in [6.45, 7) is 3.90. The number of nitrogens with zero attached hydrogens (tertiary/aromatic N) is 2. The molecule has 0 radical (unpaired) electrons. The van der Waals surface area contributed by atoms with Crippen LogP contribution in [0, 0.1) is 0 Å². The molecule has 0 spiro atoms. The summed E-state index contributed by atoms with van der Waals surface area (Å²) in [6, 6.07) is 5.19. The number of anilines is 1. The summed E-state index contributed by atoms with van der Waals surface area (Å²) in [5, 5.41) is 12.3. The van der Waals surface area contributed by atoms with Crippen LogP contribution in [0.3, 0.4) is 0 Å². The molecule has 0 saturated carbocycles. The highest BCUT2D eigenvalue weighted by Crippen LogP contribution is 2.27. The first kappa shape index (κ1) is 16.2. The average Bonchev–Trinajstić information content (AvgIpc) is 2.86. The van der Waals surface area contributed by atoms with Crippen molar-refractivity contribution in [2.45, 2.75) is 19.8 Å². The Kier molecular flexibility index (Phi) is 5.55. The highest BCUT2D eigenvalue weighted by molar-refractivity contribution is 9.10. The van der Waals surface area contributed by atoms with Gasteiger partial charge in [-0.1, -0.05) is 52.7 Å². The van der Waals surface area contributed by atoms with Crippen LogP contribution in [0.1, 0.15) is 24.8 Å². The predicted molar refractivity (Wildman–Crippen MR) is 87.3 cm³/mol. The van der Waals surface area contributed by atoms with Gasteiger partial charge in [0.1, 0.15) is 10.8 Å². The number of rotatable bonds is 5. The van der Waals surface area contributed by atoms with Crippen molar-refractivity contribution in [1.29, 1.82) is 0 Å². The third-order valence-corrected chi connectivity index (χ3v) is 4.36. The van der Waals surface area contributed by atoms with Crippen LogP contribution >= 0.6 is 38.9 Å². The van der Waals surface area contributed by atoms with Crippen molar-refractivity contribution in [1.82, 2.24) is 10.2 Å². The smallest absolute Gasteiger partial charge is 0.264 e. The summed E-state index contributed by atoms with van der Waals surface area (Å²) in [5.74, 6) is 0.432. The van der Waals surface area contributed by atoms with E-state index in [2.05, 4.69) is 31.4 Å². The molecule has 0 aliphatic carbocycles. The van der Waals surface area contributed by atoms with Gasteiger partial charge in [0.25, 0.3) is 5.91 Å². The van der Waals surface area contributed by atoms with Crippen LogP contribution in [0.5, 0.6) is 5.75 Å². The first-order valence-corrected chi connectivity index (χ1v) is 8.15. The van der Waals surface area contributed by atoms with E-state index in [4.69, 9.17) is 16.3 Å². The van der Waals surface area contributed by atoms with Crippen molar-refractivity contribution in [3.05, 3.63) is 32.7 Å². The van der Waals surface area contributed by atoms with Crippen molar-refractivity contribution < 1.29 is 9.53 Å². The number of ether oxygens (including phenoxy) is 1. The fourth-order valence-electron chi connectivity index (χ4n) is 1.41. The van der Waals surface area contributed by atoms with Gasteiger partial charge in [-0.05, 0) is 18.2 Å². The molecule has 1 amide bonds. The third kappa shape index (κ3) is 4.66. The molecule has 1 aromatic carbocycles. The van der Waals surface area contributed by atoms with E-state index in [9.17, 15) is 4.79 Å². The topological polar surface area (TPSA) is 64.1 Å². The number of benzene rings is 1. The van der Waals surface area contributed by atoms with Gasteiger partial charge in [0.15, 0.2) is 6.61 Å². The quantitative estimate of drug-likeness (QED) is 0.835. The van der Waals surface area contributed by atoms with E-state index >= 15 is 0 Å². The number of amides is 1. The van der Waals surface area contributed by atoms with Gasteiger partial charge in [0.05, 0.1) is 5.02 Å². The molecular weight excluding hydrogens is 378 g/mol. The molecule has 0 aliphatic heterocycles. The van der Waals surface area contributed by atoms with Gasteiger partial charge in [0, 0.05) is 10.4 Å². The largest absolute Gasteiger partial charge is 0.482 e. The fourth-order valence-corrected chi connectivity index (χ4v) is 2.90. The number of halogens is 2. The zero-order valence-electron chi connectivity index (χ0n) is 11.4. The molecule has 5 nitrogen and oxygen atoms in total. The van der Waals surface area contributed by atoms with E-state index < -0.39 is 0 Å². The number of carbonyl (C=O) groups is 1. The maximum absolute atomic E-state index is 11.8. The molecule has 112 valence electrons. The molecule has 0 saturated heterocycles. The zero-order chi connectivity index (χ0) is 15.4. The van der Waals surface area contributed by atoms with Crippen LogP contribution < -0.4 is 10.1 Å². The minimum atomic E-state index is -0.305. The van der Waals surface area contributed by atoms with Crippen LogP contribution in [-0.2, 0) is 4.79 Å². The highest BCUT2D eigenvalue weighted by atomic mass is 79.9. The molecule has 0 bridgehead atoms. The van der Waals surface area contributed by atoms with Gasteiger partial charge < -0.3 is 4.74 Å². The number of nitrogens with one attached hydrogen (secondary N) is 1. The second-order valence-corrected chi connectivity index (χ2v) is 6.84. The summed E-state index contributed by atoms with van der Waals surface area (Å²) in [7, 11) is 0. The van der Waals surface area contributed by atoms with Crippen molar-refractivity contribution >= 4 is 49.9 Å². The number of aromatic nitrogens is 2. The monoisotopic (exact) mass is 389 g/mol. The molecule has 0 atom stereocenters. The van der Waals surface area contributed by atoms with Gasteiger partial charge in [-0.2, -0.15) is 0 Å². The van der Waals surface area contributed by atoms with Crippen LogP contribution in [0.15, 0.2) is 22.7 Å². The number of carbonyl (C=O) groups excluding carboxylic acids is 1. The van der Waals surface area contributed by atoms with Crippen LogP contribution in [0.25, 0.3) is 0 Å². The van der Waals surface area contributed by atoms with E-state index in [0.717, 1.165) is 9.48 Å². The van der Waals surface area contributed by atoms with Gasteiger partial charge >= 0.3 is 0 Å². The Bertz CT molecular complexity index is 648. The first-order chi connectivity index (χ1) is 9.95. The lowest BCUT2D eigenvalue weighted by Gasteiger charge is -2.07. The van der Waals surface area contributed by atoms with E-state index in [1.54, 1.807) is 18.2 Å². The minimum Gasteiger partial charge on any atom is -0.482 e. The molecule has 0 aliphatic rings. The molecule has 0 fully saturated rings. The van der Waals surface area contributed by atoms with Gasteiger partial charge in [-0.15, -0.1) is 10.2 Å². The minimum absolute atomic E-state index is 0.141. The first-order valence-electron chi connectivity index (χ1n) is 6.17. The molecule has 8 heteroatoms. The Labute approximate surface area is 139 Å². The summed E-state index contributed by atoms with van der Waals surface area (Å²) < 4.78 is 6.22. The maximum atomic E-state index is 11.8. The molecule has 1 aromatic heterocycles. The summed E-state index contributed by atoms with van der Waals surface area (Å²) in [4.78, 5) is 11.8. The standard InChI is InChI=1S/C13H13BrClN3O2S/c1-7(2)12-17-18-13(21-12)16-11(19)6-20-10-4-3-8(14)5-9(10)15/h3-5,7H,6H2,1-2H3,(H,16,18,19). The van der Waals surface area contributed by atoms with E-state index in [0.29, 0.717) is 15.9 Å². The Hall–Kier alpha value is -1.18. The van der Waals surface area contributed by atoms with Crippen molar-refractivity contribution in [3.63, 3.8) is 0 Å². The molecule has 0 unspecified atom stereocenters. The average molecular weight is 391 g/mol. The van der Waals surface area contributed by atoms with Crippen molar-refractivity contribution in [2.24, 2.45) is 0 Å². The van der Waals surface area contributed by atoms with Crippen molar-refractivity contribution in [3.8, 4) is 5.75 Å². The predicted octanol–water partition coefficient (Wildman–Crippen LogP) is 4.09. The van der Waals surface area contributed by atoms with Gasteiger partial charge in [0.2, 0.25) is 5.13 Å². The Morgan fingerprint density at radius 3 is 2.86 bits per heavy atom. The molecule has 2 rings (SSSR count). The SMILES string of the molecule is CC(C)c1nnc(NC(=O)COc2ccc(Br)cc2Cl)s1. The van der Waals surface area contributed by atoms with Gasteiger partial charge in [-0.3, -0.25) is 10.1 Å². The normalized spacial score (nSPS) is 10.7. The molecule has 2 aromatic rings. The lowest BCUT2D eigenvalue weighted by atomic mass is 10.2. The molecule has 1 heterocycles. The summed E-state index contributed by atoms with van der Waals surface area (Å²) in [5.41, 5.74) is 0. The Morgan fingerprint density at radius 1 is 1.48 bits per heavy atom. The van der Waals surface area contributed by atoms with Crippen molar-refractivity contribution in [2.75, 3.05) is 11.9 Å². The second kappa shape index (κ2) is 7.20. The van der Waals surface area contributed by atoms with E-state index in [1.807, 2.05) is 13.8 Å². The van der Waals surface area contributed by atoms with Crippen LogP contribution in [-0.4, -0.2) is 22.7 Å². The van der Waals surface area contributed by atoms with E-state index in [1.165, 1.54) is 11.3 Å².